The highest BCUT2D eigenvalue weighted by Crippen LogP contribution is 2.20. The summed E-state index contributed by atoms with van der Waals surface area (Å²) in [6, 6.07) is 22.5. The summed E-state index contributed by atoms with van der Waals surface area (Å²) in [5.74, 6) is -0.781. The number of rotatable bonds is 19. The van der Waals surface area contributed by atoms with Crippen LogP contribution in [0, 0.1) is 0 Å². The molecular formula is C40H50N10O3. The van der Waals surface area contributed by atoms with E-state index in [0.717, 1.165) is 46.9 Å². The summed E-state index contributed by atoms with van der Waals surface area (Å²) in [5.41, 5.74) is 22.9. The van der Waals surface area contributed by atoms with Gasteiger partial charge in [-0.1, -0.05) is 86.1 Å². The monoisotopic (exact) mass is 718 g/mol. The van der Waals surface area contributed by atoms with Crippen LogP contribution in [0.1, 0.15) is 55.0 Å². The van der Waals surface area contributed by atoms with E-state index in [4.69, 9.17) is 17.2 Å². The largest absolute Gasteiger partial charge is 0.370 e. The lowest BCUT2D eigenvalue weighted by Crippen LogP contribution is -2.56. The maximum absolute atomic E-state index is 14.1. The number of nitrogens with two attached hydrogens (primary N) is 3. The van der Waals surface area contributed by atoms with Gasteiger partial charge in [0.2, 0.25) is 17.7 Å². The van der Waals surface area contributed by atoms with Crippen molar-refractivity contribution in [2.45, 2.75) is 76.5 Å². The molecule has 2 heterocycles. The van der Waals surface area contributed by atoms with Gasteiger partial charge in [-0.2, -0.15) is 0 Å². The molecule has 11 N–H and O–H groups in total. The van der Waals surface area contributed by atoms with Gasteiger partial charge < -0.3 is 43.1 Å². The highest BCUT2D eigenvalue weighted by Gasteiger charge is 2.29. The van der Waals surface area contributed by atoms with Crippen molar-refractivity contribution in [3.8, 4) is 11.4 Å². The minimum atomic E-state index is -1.04. The number of aromatic amines is 2. The highest BCUT2D eigenvalue weighted by atomic mass is 16.2. The summed E-state index contributed by atoms with van der Waals surface area (Å²) in [6.45, 7) is 2.74. The molecule has 0 aliphatic heterocycles. The molecule has 3 amide bonds. The van der Waals surface area contributed by atoms with Crippen molar-refractivity contribution in [3.63, 3.8) is 0 Å². The highest BCUT2D eigenvalue weighted by molar-refractivity contribution is 5.94. The molecular weight excluding hydrogens is 669 g/mol. The molecule has 13 heteroatoms. The normalized spacial score (nSPS) is 12.8. The Morgan fingerprint density at radius 2 is 1.57 bits per heavy atom. The van der Waals surface area contributed by atoms with Crippen LogP contribution in [-0.2, 0) is 40.2 Å². The fourth-order valence-corrected chi connectivity index (χ4v) is 6.11. The average molecular weight is 719 g/mol. The molecule has 0 fully saturated rings. The summed E-state index contributed by atoms with van der Waals surface area (Å²) in [5, 5.41) is 9.59. The van der Waals surface area contributed by atoms with Crippen LogP contribution in [-0.4, -0.2) is 63.3 Å². The zero-order chi connectivity index (χ0) is 37.6. The summed E-state index contributed by atoms with van der Waals surface area (Å²) in [7, 11) is 0. The van der Waals surface area contributed by atoms with Gasteiger partial charge in [0.05, 0.1) is 6.04 Å². The standard InChI is InChI=1S/C40H50N10O3/c1-2-3-10-26-16-18-28(19-17-26)36-46-25-30(48-36)22-32(41)37(51)50-35(21-29-24-45-33-14-8-7-13-31(29)33)39(53)49-34(15-9-20-44-40(42)43)38(52)47-23-27-11-5-4-6-12-27/h4-8,11-14,16-19,24-25,32,34-35,45H,2-3,9-10,15,20-23,41H2,1H3,(H,46,48)(H,47,52)(H,49,53)(H,50,51)(H4,42,43,44)/t32-,34-,35-/m0/s1. The molecule has 0 unspecified atom stereocenters. The van der Waals surface area contributed by atoms with Gasteiger partial charge in [-0.05, 0) is 48.4 Å². The first-order chi connectivity index (χ1) is 25.7. The summed E-state index contributed by atoms with van der Waals surface area (Å²) < 4.78 is 0. The van der Waals surface area contributed by atoms with Crippen LogP contribution in [0.25, 0.3) is 22.3 Å². The number of amides is 3. The third-order valence-electron chi connectivity index (χ3n) is 9.07. The van der Waals surface area contributed by atoms with Gasteiger partial charge in [-0.25, -0.2) is 4.98 Å². The Balaban J connectivity index is 1.29. The van der Waals surface area contributed by atoms with Crippen molar-refractivity contribution in [1.82, 2.24) is 30.9 Å². The van der Waals surface area contributed by atoms with Crippen LogP contribution in [0.3, 0.4) is 0 Å². The number of para-hydroxylation sites is 1. The number of nitrogens with zero attached hydrogens (tertiary/aromatic N) is 2. The van der Waals surface area contributed by atoms with Crippen molar-refractivity contribution in [2.75, 3.05) is 6.54 Å². The predicted octanol–water partition coefficient (Wildman–Crippen LogP) is 3.35. The van der Waals surface area contributed by atoms with Gasteiger partial charge >= 0.3 is 0 Å². The third kappa shape index (κ3) is 11.3. The number of hydrogen-bond acceptors (Lipinski definition) is 6. The number of H-pyrrole nitrogens is 2. The topological polar surface area (TPSA) is 222 Å². The van der Waals surface area contributed by atoms with Gasteiger partial charge in [0.25, 0.3) is 0 Å². The Bertz CT molecular complexity index is 1970. The molecule has 0 radical (unpaired) electrons. The maximum Gasteiger partial charge on any atom is 0.243 e. The number of hydrogen-bond donors (Lipinski definition) is 8. The average Bonchev–Trinajstić information content (AvgIpc) is 3.81. The smallest absolute Gasteiger partial charge is 0.243 e. The number of aryl methyl sites for hydroxylation is 1. The Morgan fingerprint density at radius 3 is 2.32 bits per heavy atom. The number of fused-ring (bicyclic) bond motifs is 1. The first-order valence-electron chi connectivity index (χ1n) is 18.1. The van der Waals surface area contributed by atoms with E-state index in [2.05, 4.69) is 55.0 Å². The van der Waals surface area contributed by atoms with Gasteiger partial charge in [0, 0.05) is 60.5 Å². The quantitative estimate of drug-likeness (QED) is 0.0361. The zero-order valence-corrected chi connectivity index (χ0v) is 30.1. The molecule has 5 rings (SSSR count). The lowest BCUT2D eigenvalue weighted by molar-refractivity contribution is -0.132. The van der Waals surface area contributed by atoms with E-state index in [1.54, 1.807) is 6.20 Å². The lowest BCUT2D eigenvalue weighted by Gasteiger charge is -2.24. The summed E-state index contributed by atoms with van der Waals surface area (Å²) in [6.07, 6.45) is 7.82. The van der Waals surface area contributed by atoms with Crippen molar-refractivity contribution in [2.24, 2.45) is 22.2 Å². The Labute approximate surface area is 309 Å². The third-order valence-corrected chi connectivity index (χ3v) is 9.07. The number of carbonyl (C=O) groups is 3. The second-order valence-corrected chi connectivity index (χ2v) is 13.2. The number of benzene rings is 3. The summed E-state index contributed by atoms with van der Waals surface area (Å²) in [4.78, 5) is 56.2. The SMILES string of the molecule is CCCCc1ccc(-c2ncc(C[C@H](N)C(=O)N[C@@H](Cc3c[nH]c4ccccc34)C(=O)N[C@@H](CCCN=C(N)N)C(=O)NCc3ccccc3)[nH]2)cc1. The van der Waals surface area contributed by atoms with Crippen molar-refractivity contribution >= 4 is 34.6 Å². The Kier molecular flexibility index (Phi) is 13.8. The van der Waals surface area contributed by atoms with Gasteiger partial charge in [-0.3, -0.25) is 19.4 Å². The number of aliphatic imine (C=N–C) groups is 1. The Morgan fingerprint density at radius 1 is 0.830 bits per heavy atom. The molecule has 2 aromatic heterocycles. The van der Waals surface area contributed by atoms with Gasteiger partial charge in [0.15, 0.2) is 5.96 Å². The summed E-state index contributed by atoms with van der Waals surface area (Å²) >= 11 is 0. The van der Waals surface area contributed by atoms with E-state index in [1.165, 1.54) is 5.56 Å². The number of nitrogens with one attached hydrogen (secondary N) is 5. The van der Waals surface area contributed by atoms with E-state index >= 15 is 0 Å². The molecule has 0 aliphatic carbocycles. The number of guanidine groups is 1. The maximum atomic E-state index is 14.1. The second kappa shape index (κ2) is 19.0. The molecule has 0 saturated carbocycles. The second-order valence-electron chi connectivity index (χ2n) is 13.2. The fourth-order valence-electron chi connectivity index (χ4n) is 6.11. The molecule has 0 saturated heterocycles. The molecule has 278 valence electrons. The van der Waals surface area contributed by atoms with Gasteiger partial charge in [0.1, 0.15) is 17.9 Å². The van der Waals surface area contributed by atoms with E-state index in [0.29, 0.717) is 17.9 Å². The van der Waals surface area contributed by atoms with E-state index in [1.807, 2.05) is 72.9 Å². The van der Waals surface area contributed by atoms with Crippen molar-refractivity contribution in [1.29, 1.82) is 0 Å². The number of aromatic nitrogens is 3. The van der Waals surface area contributed by atoms with Crippen molar-refractivity contribution in [3.05, 3.63) is 114 Å². The minimum Gasteiger partial charge on any atom is -0.370 e. The first kappa shape index (κ1) is 38.3. The van der Waals surface area contributed by atoms with E-state index in [9.17, 15) is 14.4 Å². The van der Waals surface area contributed by atoms with Crippen LogP contribution >= 0.6 is 0 Å². The number of imidazole rings is 1. The number of unbranched alkanes of at least 4 members (excludes halogenated alkanes) is 1. The zero-order valence-electron chi connectivity index (χ0n) is 30.1. The van der Waals surface area contributed by atoms with Gasteiger partial charge in [-0.15, -0.1) is 0 Å². The number of carbonyl (C=O) groups excluding carboxylic acids is 3. The molecule has 13 nitrogen and oxygen atoms in total. The fraction of sp³-hybridized carbons (Fsp3) is 0.325. The predicted molar refractivity (Wildman–Crippen MR) is 208 cm³/mol. The minimum absolute atomic E-state index is 0.0558. The van der Waals surface area contributed by atoms with Crippen LogP contribution in [0.5, 0.6) is 0 Å². The molecule has 5 aromatic rings. The first-order valence-corrected chi connectivity index (χ1v) is 18.1. The lowest BCUT2D eigenvalue weighted by atomic mass is 10.0. The molecule has 3 aromatic carbocycles. The van der Waals surface area contributed by atoms with Crippen LogP contribution < -0.4 is 33.2 Å². The molecule has 53 heavy (non-hydrogen) atoms. The molecule has 0 bridgehead atoms. The van der Waals surface area contributed by atoms with Crippen molar-refractivity contribution < 1.29 is 14.4 Å². The molecule has 0 aliphatic rings. The van der Waals surface area contributed by atoms with E-state index in [-0.39, 0.29) is 44.2 Å². The molecule has 3 atom stereocenters. The Hall–Kier alpha value is -5.95. The van der Waals surface area contributed by atoms with Crippen LogP contribution in [0.2, 0.25) is 0 Å². The van der Waals surface area contributed by atoms with Crippen LogP contribution in [0.15, 0.2) is 96.2 Å². The van der Waals surface area contributed by atoms with E-state index < -0.39 is 29.9 Å². The molecule has 0 spiro atoms. The van der Waals surface area contributed by atoms with Crippen LogP contribution in [0.4, 0.5) is 0 Å².